The fourth-order valence-electron chi connectivity index (χ4n) is 3.75. The average molecular weight is 421 g/mol. The summed E-state index contributed by atoms with van der Waals surface area (Å²) in [4.78, 5) is 25.3. The van der Waals surface area contributed by atoms with Crippen molar-refractivity contribution in [1.29, 1.82) is 0 Å². The average Bonchev–Trinajstić information content (AvgIpc) is 3.24. The molecule has 9 heteroatoms. The first kappa shape index (κ1) is 20.2. The summed E-state index contributed by atoms with van der Waals surface area (Å²) in [5.41, 5.74) is 4.16. The number of fused-ring (bicyclic) bond motifs is 3. The first-order valence-corrected chi connectivity index (χ1v) is 9.28. The number of rotatable bonds is 5. The van der Waals surface area contributed by atoms with E-state index in [-0.39, 0.29) is 12.5 Å². The lowest BCUT2D eigenvalue weighted by Crippen LogP contribution is -2.42. The summed E-state index contributed by atoms with van der Waals surface area (Å²) in [6.45, 7) is -2.51. The number of cyclic esters (lactones) is 1. The van der Waals surface area contributed by atoms with Crippen molar-refractivity contribution < 1.29 is 37.0 Å². The quantitative estimate of drug-likeness (QED) is 0.689. The fourth-order valence-corrected chi connectivity index (χ4v) is 3.75. The predicted octanol–water partition coefficient (Wildman–Crippen LogP) is 3.70. The van der Waals surface area contributed by atoms with E-state index in [0.717, 1.165) is 27.2 Å². The maximum Gasteiger partial charge on any atom is 0.413 e. The standard InChI is InChI=1S/C21H18F3NO5/c22-21(23,24)11-28-10-18-19(26)30-12-25(18)20(27)29-9-17-15-7-3-1-5-13(15)14-6-2-4-8-16(14)17/h1-8,17-18H,9-12H2. The van der Waals surface area contributed by atoms with Gasteiger partial charge in [0, 0.05) is 5.92 Å². The SMILES string of the molecule is O=C1OCN(C(=O)OCC2c3ccccc3-c3ccccc32)C1COCC(F)(F)F. The van der Waals surface area contributed by atoms with Gasteiger partial charge in [0.2, 0.25) is 0 Å². The van der Waals surface area contributed by atoms with Crippen LogP contribution in [-0.2, 0) is 19.0 Å². The second-order valence-electron chi connectivity index (χ2n) is 7.01. The second kappa shape index (κ2) is 7.98. The summed E-state index contributed by atoms with van der Waals surface area (Å²) < 4.78 is 51.6. The van der Waals surface area contributed by atoms with E-state index in [2.05, 4.69) is 4.74 Å². The second-order valence-corrected chi connectivity index (χ2v) is 7.01. The van der Waals surface area contributed by atoms with E-state index in [0.29, 0.717) is 0 Å². The number of benzene rings is 2. The van der Waals surface area contributed by atoms with Crippen molar-refractivity contribution in [2.45, 2.75) is 18.1 Å². The molecular weight excluding hydrogens is 403 g/mol. The molecule has 2 aromatic rings. The number of hydrogen-bond acceptors (Lipinski definition) is 5. The van der Waals surface area contributed by atoms with E-state index >= 15 is 0 Å². The molecule has 0 N–H and O–H groups in total. The van der Waals surface area contributed by atoms with Crippen LogP contribution in [0.3, 0.4) is 0 Å². The Kier molecular flexibility index (Phi) is 5.38. The molecule has 1 saturated heterocycles. The first-order chi connectivity index (χ1) is 14.3. The molecule has 2 aromatic carbocycles. The van der Waals surface area contributed by atoms with Crippen LogP contribution in [0.5, 0.6) is 0 Å². The molecular formula is C21H18F3NO5. The summed E-state index contributed by atoms with van der Waals surface area (Å²) >= 11 is 0. The Labute approximate surface area is 170 Å². The summed E-state index contributed by atoms with van der Waals surface area (Å²) in [5.74, 6) is -1.01. The van der Waals surface area contributed by atoms with Crippen LogP contribution in [0, 0.1) is 0 Å². The van der Waals surface area contributed by atoms with Crippen molar-refractivity contribution in [3.05, 3.63) is 59.7 Å². The van der Waals surface area contributed by atoms with Crippen LogP contribution in [0.25, 0.3) is 11.1 Å². The van der Waals surface area contributed by atoms with Crippen molar-refractivity contribution in [3.63, 3.8) is 0 Å². The number of halogens is 3. The van der Waals surface area contributed by atoms with Gasteiger partial charge in [-0.3, -0.25) is 4.90 Å². The molecule has 158 valence electrons. The topological polar surface area (TPSA) is 65.1 Å². The molecule has 2 aliphatic rings. The normalized spacial score (nSPS) is 18.2. The van der Waals surface area contributed by atoms with Crippen LogP contribution < -0.4 is 0 Å². The largest absolute Gasteiger partial charge is 0.448 e. The third-order valence-electron chi connectivity index (χ3n) is 5.11. The van der Waals surface area contributed by atoms with E-state index in [4.69, 9.17) is 9.47 Å². The van der Waals surface area contributed by atoms with Crippen molar-refractivity contribution in [3.8, 4) is 11.1 Å². The Morgan fingerprint density at radius 2 is 1.63 bits per heavy atom. The van der Waals surface area contributed by atoms with Crippen LogP contribution in [0.1, 0.15) is 17.0 Å². The summed E-state index contributed by atoms with van der Waals surface area (Å²) in [5, 5.41) is 0. The first-order valence-electron chi connectivity index (χ1n) is 9.28. The zero-order valence-electron chi connectivity index (χ0n) is 15.7. The van der Waals surface area contributed by atoms with E-state index < -0.39 is 44.2 Å². The molecule has 6 nitrogen and oxygen atoms in total. The van der Waals surface area contributed by atoms with E-state index in [1.807, 2.05) is 48.5 Å². The molecule has 0 radical (unpaired) electrons. The van der Waals surface area contributed by atoms with Crippen LogP contribution in [0.2, 0.25) is 0 Å². The van der Waals surface area contributed by atoms with Crippen molar-refractivity contribution in [1.82, 2.24) is 4.90 Å². The highest BCUT2D eigenvalue weighted by molar-refractivity contribution is 5.84. The van der Waals surface area contributed by atoms with Crippen LogP contribution in [0.15, 0.2) is 48.5 Å². The van der Waals surface area contributed by atoms with E-state index in [1.54, 1.807) is 0 Å². The molecule has 1 aliphatic heterocycles. The number of ether oxygens (including phenoxy) is 3. The smallest absolute Gasteiger partial charge is 0.413 e. The molecule has 1 unspecified atom stereocenters. The molecule has 0 aromatic heterocycles. The van der Waals surface area contributed by atoms with E-state index in [9.17, 15) is 22.8 Å². The van der Waals surface area contributed by atoms with Gasteiger partial charge in [-0.1, -0.05) is 48.5 Å². The van der Waals surface area contributed by atoms with Gasteiger partial charge in [0.05, 0.1) is 6.61 Å². The summed E-state index contributed by atoms with van der Waals surface area (Å²) in [6, 6.07) is 14.3. The molecule has 4 rings (SSSR count). The highest BCUT2D eigenvalue weighted by Crippen LogP contribution is 2.44. The van der Waals surface area contributed by atoms with Gasteiger partial charge in [0.25, 0.3) is 0 Å². The number of nitrogens with zero attached hydrogens (tertiary/aromatic N) is 1. The Morgan fingerprint density at radius 1 is 1.03 bits per heavy atom. The van der Waals surface area contributed by atoms with Gasteiger partial charge in [-0.25, -0.2) is 9.59 Å². The lowest BCUT2D eigenvalue weighted by molar-refractivity contribution is -0.177. The van der Waals surface area contributed by atoms with Gasteiger partial charge in [-0.05, 0) is 22.3 Å². The minimum Gasteiger partial charge on any atom is -0.448 e. The van der Waals surface area contributed by atoms with Gasteiger partial charge >= 0.3 is 18.2 Å². The molecule has 1 amide bonds. The molecule has 0 spiro atoms. The van der Waals surface area contributed by atoms with Crippen LogP contribution in [0.4, 0.5) is 18.0 Å². The Hall–Kier alpha value is -3.07. The maximum atomic E-state index is 12.5. The van der Waals surface area contributed by atoms with E-state index in [1.165, 1.54) is 0 Å². The molecule has 0 saturated carbocycles. The minimum atomic E-state index is -4.53. The summed E-state index contributed by atoms with van der Waals surface area (Å²) in [7, 11) is 0. The summed E-state index contributed by atoms with van der Waals surface area (Å²) in [6.07, 6.45) is -5.37. The molecule has 0 bridgehead atoms. The third-order valence-corrected chi connectivity index (χ3v) is 5.11. The molecule has 1 atom stereocenters. The Morgan fingerprint density at radius 3 is 2.23 bits per heavy atom. The zero-order valence-corrected chi connectivity index (χ0v) is 15.7. The van der Waals surface area contributed by atoms with Crippen molar-refractivity contribution in [2.24, 2.45) is 0 Å². The lowest BCUT2D eigenvalue weighted by Gasteiger charge is -2.21. The number of carbonyl (C=O) groups is 2. The maximum absolute atomic E-state index is 12.5. The Bertz CT molecular complexity index is 916. The van der Waals surface area contributed by atoms with Crippen molar-refractivity contribution >= 4 is 12.1 Å². The highest BCUT2D eigenvalue weighted by atomic mass is 19.4. The molecule has 1 heterocycles. The van der Waals surface area contributed by atoms with Crippen LogP contribution in [-0.4, -0.2) is 55.7 Å². The third kappa shape index (κ3) is 3.97. The number of hydrogen-bond donors (Lipinski definition) is 0. The van der Waals surface area contributed by atoms with Crippen LogP contribution >= 0.6 is 0 Å². The van der Waals surface area contributed by atoms with Gasteiger partial charge in [-0.15, -0.1) is 0 Å². The molecule has 30 heavy (non-hydrogen) atoms. The number of alkyl halides is 3. The number of carbonyl (C=O) groups excluding carboxylic acids is 2. The van der Waals surface area contributed by atoms with Gasteiger partial charge in [0.15, 0.2) is 12.8 Å². The minimum absolute atomic E-state index is 0.0215. The zero-order chi connectivity index (χ0) is 21.3. The van der Waals surface area contributed by atoms with Gasteiger partial charge in [0.1, 0.15) is 13.2 Å². The van der Waals surface area contributed by atoms with Crippen molar-refractivity contribution in [2.75, 3.05) is 26.6 Å². The van der Waals surface area contributed by atoms with Gasteiger partial charge < -0.3 is 14.2 Å². The number of esters is 1. The highest BCUT2D eigenvalue weighted by Gasteiger charge is 2.40. The molecule has 1 fully saturated rings. The fraction of sp³-hybridized carbons (Fsp3) is 0.333. The lowest BCUT2D eigenvalue weighted by atomic mass is 9.98. The monoisotopic (exact) mass is 421 g/mol. The Balaban J connectivity index is 1.42. The number of amides is 1. The predicted molar refractivity (Wildman–Crippen MR) is 98.5 cm³/mol. The van der Waals surface area contributed by atoms with Gasteiger partial charge in [-0.2, -0.15) is 13.2 Å². The molecule has 1 aliphatic carbocycles.